The van der Waals surface area contributed by atoms with Crippen LogP contribution in [0.5, 0.6) is 0 Å². The van der Waals surface area contributed by atoms with Gasteiger partial charge in [0.25, 0.3) is 0 Å². The molecule has 2 atom stereocenters. The summed E-state index contributed by atoms with van der Waals surface area (Å²) < 4.78 is 0. The maximum atomic E-state index is 10.5. The summed E-state index contributed by atoms with van der Waals surface area (Å²) in [6.07, 6.45) is 0.575. The van der Waals surface area contributed by atoms with Gasteiger partial charge in [0.05, 0.1) is 0 Å². The second kappa shape index (κ2) is 5.11. The fourth-order valence-electron chi connectivity index (χ4n) is 1.33. The van der Waals surface area contributed by atoms with Crippen molar-refractivity contribution in [1.29, 1.82) is 0 Å². The van der Waals surface area contributed by atoms with Crippen molar-refractivity contribution in [3.05, 3.63) is 0 Å². The lowest BCUT2D eigenvalue weighted by Crippen LogP contribution is -2.32. The number of hydrogen-bond acceptors (Lipinski definition) is 3. The molecule has 1 fully saturated rings. The van der Waals surface area contributed by atoms with Crippen molar-refractivity contribution in [1.82, 2.24) is 4.90 Å². The first-order valence-electron chi connectivity index (χ1n) is 4.30. The quantitative estimate of drug-likeness (QED) is 0.593. The lowest BCUT2D eigenvalue weighted by atomic mass is 10.2. The molecule has 0 aromatic rings. The monoisotopic (exact) mass is 174 g/mol. The van der Waals surface area contributed by atoms with E-state index < -0.39 is 5.97 Å². The highest BCUT2D eigenvalue weighted by Gasteiger charge is 2.31. The summed E-state index contributed by atoms with van der Waals surface area (Å²) in [5, 5.41) is 8.60. The number of nitrogens with two attached hydrogens (primary N) is 1. The number of rotatable bonds is 1. The third-order valence-electron chi connectivity index (χ3n) is 1.87. The van der Waals surface area contributed by atoms with Gasteiger partial charge in [-0.1, -0.05) is 13.8 Å². The molecular weight excluding hydrogens is 156 g/mol. The largest absolute Gasteiger partial charge is 0.480 e. The van der Waals surface area contributed by atoms with Crippen molar-refractivity contribution in [2.24, 2.45) is 5.73 Å². The van der Waals surface area contributed by atoms with Crippen molar-refractivity contribution >= 4 is 5.97 Å². The van der Waals surface area contributed by atoms with Crippen molar-refractivity contribution in [3.8, 4) is 0 Å². The van der Waals surface area contributed by atoms with Gasteiger partial charge < -0.3 is 10.8 Å². The maximum absolute atomic E-state index is 10.5. The predicted octanol–water partition coefficient (Wildman–Crippen LogP) is 0.129. The summed E-state index contributed by atoms with van der Waals surface area (Å²) in [5.74, 6) is -0.768. The van der Waals surface area contributed by atoms with Crippen molar-refractivity contribution < 1.29 is 9.90 Å². The summed E-state index contributed by atoms with van der Waals surface area (Å²) in [4.78, 5) is 12.2. The van der Waals surface area contributed by atoms with E-state index in [1.165, 1.54) is 0 Å². The van der Waals surface area contributed by atoms with Gasteiger partial charge in [0.15, 0.2) is 0 Å². The minimum Gasteiger partial charge on any atom is -0.480 e. The molecule has 3 N–H and O–H groups in total. The fourth-order valence-corrected chi connectivity index (χ4v) is 1.33. The summed E-state index contributed by atoms with van der Waals surface area (Å²) in [6, 6.07) is -0.332. The molecular formula is C8H18N2O2. The maximum Gasteiger partial charge on any atom is 0.320 e. The number of carbonyl (C=O) groups is 1. The second-order valence-electron chi connectivity index (χ2n) is 2.79. The Balaban J connectivity index is 0.000000561. The minimum atomic E-state index is -0.768. The second-order valence-corrected chi connectivity index (χ2v) is 2.79. The summed E-state index contributed by atoms with van der Waals surface area (Å²) in [5.41, 5.74) is 5.55. The molecule has 1 rings (SSSR count). The Morgan fingerprint density at radius 1 is 1.58 bits per heavy atom. The lowest BCUT2D eigenvalue weighted by Gasteiger charge is -2.12. The van der Waals surface area contributed by atoms with E-state index in [4.69, 9.17) is 10.8 Å². The standard InChI is InChI=1S/C6H12N2O2.C2H6/c1-8-3-4(7)2-5(8)6(9)10;1-2/h4-5H,2-3,7H2,1H3,(H,9,10);1-2H3. The molecule has 0 spiro atoms. The molecule has 0 radical (unpaired) electrons. The average Bonchev–Trinajstić information content (AvgIpc) is 2.34. The molecule has 0 aromatic carbocycles. The van der Waals surface area contributed by atoms with Gasteiger partial charge >= 0.3 is 5.97 Å². The van der Waals surface area contributed by atoms with Crippen LogP contribution in [0.4, 0.5) is 0 Å². The van der Waals surface area contributed by atoms with Crippen LogP contribution >= 0.6 is 0 Å². The highest BCUT2D eigenvalue weighted by molar-refractivity contribution is 5.73. The third kappa shape index (κ3) is 2.79. The van der Waals surface area contributed by atoms with E-state index >= 15 is 0 Å². The molecule has 72 valence electrons. The van der Waals surface area contributed by atoms with Crippen molar-refractivity contribution in [3.63, 3.8) is 0 Å². The van der Waals surface area contributed by atoms with Gasteiger partial charge in [-0.15, -0.1) is 0 Å². The summed E-state index contributed by atoms with van der Waals surface area (Å²) in [7, 11) is 1.78. The van der Waals surface area contributed by atoms with E-state index in [2.05, 4.69) is 0 Å². The topological polar surface area (TPSA) is 66.6 Å². The Morgan fingerprint density at radius 3 is 2.25 bits per heavy atom. The van der Waals surface area contributed by atoms with Crippen LogP contribution in [0.25, 0.3) is 0 Å². The smallest absolute Gasteiger partial charge is 0.320 e. The molecule has 0 aromatic heterocycles. The molecule has 0 aliphatic carbocycles. The van der Waals surface area contributed by atoms with Gasteiger partial charge in [-0.05, 0) is 13.5 Å². The van der Waals surface area contributed by atoms with E-state index in [0.717, 1.165) is 0 Å². The van der Waals surface area contributed by atoms with Crippen molar-refractivity contribution in [2.75, 3.05) is 13.6 Å². The zero-order valence-corrected chi connectivity index (χ0v) is 7.95. The first-order valence-corrected chi connectivity index (χ1v) is 4.30. The fraction of sp³-hybridized carbons (Fsp3) is 0.875. The summed E-state index contributed by atoms with van der Waals surface area (Å²) >= 11 is 0. The first-order chi connectivity index (χ1) is 5.61. The lowest BCUT2D eigenvalue weighted by molar-refractivity contribution is -0.141. The van der Waals surface area contributed by atoms with Gasteiger partial charge in [-0.25, -0.2) is 0 Å². The van der Waals surface area contributed by atoms with Crippen molar-refractivity contribution in [2.45, 2.75) is 32.4 Å². The zero-order chi connectivity index (χ0) is 9.72. The van der Waals surface area contributed by atoms with E-state index in [0.29, 0.717) is 13.0 Å². The normalized spacial score (nSPS) is 29.3. The number of hydrogen-bond donors (Lipinski definition) is 2. The van der Waals surface area contributed by atoms with E-state index in [-0.39, 0.29) is 12.1 Å². The number of carboxylic acid groups (broad SMARTS) is 1. The number of likely N-dealkylation sites (N-methyl/N-ethyl adjacent to an activating group) is 1. The first kappa shape index (κ1) is 11.4. The van der Waals surface area contributed by atoms with Crippen LogP contribution in [0, 0.1) is 0 Å². The minimum absolute atomic E-state index is 0.0334. The summed E-state index contributed by atoms with van der Waals surface area (Å²) in [6.45, 7) is 4.69. The molecule has 2 unspecified atom stereocenters. The number of aliphatic carboxylic acids is 1. The van der Waals surface area contributed by atoms with Gasteiger partial charge in [0, 0.05) is 12.6 Å². The highest BCUT2D eigenvalue weighted by Crippen LogP contribution is 2.13. The van der Waals surface area contributed by atoms with Crippen LogP contribution in [-0.4, -0.2) is 41.7 Å². The average molecular weight is 174 g/mol. The third-order valence-corrected chi connectivity index (χ3v) is 1.87. The Labute approximate surface area is 73.3 Å². The van der Waals surface area contributed by atoms with Crippen LogP contribution in [-0.2, 0) is 4.79 Å². The highest BCUT2D eigenvalue weighted by atomic mass is 16.4. The van der Waals surface area contributed by atoms with Gasteiger partial charge in [-0.3, -0.25) is 9.69 Å². The predicted molar refractivity (Wildman–Crippen MR) is 48.0 cm³/mol. The molecule has 0 saturated carbocycles. The van der Waals surface area contributed by atoms with E-state index in [9.17, 15) is 4.79 Å². The molecule has 0 amide bonds. The van der Waals surface area contributed by atoms with E-state index in [1.54, 1.807) is 11.9 Å². The molecule has 1 saturated heterocycles. The van der Waals surface area contributed by atoms with Gasteiger partial charge in [-0.2, -0.15) is 0 Å². The van der Waals surface area contributed by atoms with Crippen LogP contribution in [0.2, 0.25) is 0 Å². The molecule has 4 heteroatoms. The van der Waals surface area contributed by atoms with Crippen LogP contribution in [0.15, 0.2) is 0 Å². The molecule has 1 aliphatic heterocycles. The zero-order valence-electron chi connectivity index (χ0n) is 7.95. The number of nitrogens with zero attached hydrogens (tertiary/aromatic N) is 1. The Bertz CT molecular complexity index is 150. The number of likely N-dealkylation sites (tertiary alicyclic amines) is 1. The van der Waals surface area contributed by atoms with Crippen LogP contribution in [0.3, 0.4) is 0 Å². The SMILES string of the molecule is CC.CN1CC(N)CC1C(=O)O. The Kier molecular flexibility index (Phi) is 4.85. The Morgan fingerprint density at radius 2 is 2.08 bits per heavy atom. The van der Waals surface area contributed by atoms with Gasteiger partial charge in [0.2, 0.25) is 0 Å². The molecule has 4 nitrogen and oxygen atoms in total. The van der Waals surface area contributed by atoms with Gasteiger partial charge in [0.1, 0.15) is 6.04 Å². The molecule has 1 aliphatic rings. The van der Waals surface area contributed by atoms with Crippen LogP contribution in [0.1, 0.15) is 20.3 Å². The molecule has 12 heavy (non-hydrogen) atoms. The van der Waals surface area contributed by atoms with E-state index in [1.807, 2.05) is 13.8 Å². The number of carboxylic acids is 1. The molecule has 1 heterocycles. The van der Waals surface area contributed by atoms with Crippen LogP contribution < -0.4 is 5.73 Å². The Hall–Kier alpha value is -0.610. The molecule has 0 bridgehead atoms.